The second kappa shape index (κ2) is 3.66. The third-order valence-electron chi connectivity index (χ3n) is 1.67. The van der Waals surface area contributed by atoms with Crippen LogP contribution < -0.4 is 5.84 Å². The molecule has 5 nitrogen and oxygen atoms in total. The molecule has 68 valence electrons. The Bertz CT molecular complexity index is 360. The molecular formula is C8H9N3O2. The number of benzene rings is 1. The van der Waals surface area contributed by atoms with Gasteiger partial charge in [0.15, 0.2) is 0 Å². The van der Waals surface area contributed by atoms with Crippen LogP contribution in [0.2, 0.25) is 0 Å². The summed E-state index contributed by atoms with van der Waals surface area (Å²) in [4.78, 5) is 10.2. The topological polar surface area (TPSA) is 81.5 Å². The van der Waals surface area contributed by atoms with Gasteiger partial charge in [-0.15, -0.1) is 0 Å². The fraction of sp³-hybridized carbons (Fsp3) is 0.125. The van der Waals surface area contributed by atoms with Crippen molar-refractivity contribution < 1.29 is 4.92 Å². The van der Waals surface area contributed by atoms with Crippen molar-refractivity contribution in [2.75, 3.05) is 0 Å². The minimum absolute atomic E-state index is 0.0525. The number of aryl methyl sites for hydroxylation is 1. The van der Waals surface area contributed by atoms with Gasteiger partial charge in [0.25, 0.3) is 5.69 Å². The number of nitro groups is 1. The molecule has 0 aliphatic carbocycles. The minimum Gasteiger partial charge on any atom is -0.323 e. The van der Waals surface area contributed by atoms with Crippen molar-refractivity contribution in [1.82, 2.24) is 0 Å². The normalized spacial score (nSPS) is 10.5. The van der Waals surface area contributed by atoms with E-state index in [1.54, 1.807) is 25.1 Å². The highest BCUT2D eigenvalue weighted by Crippen LogP contribution is 2.20. The second-order valence-corrected chi connectivity index (χ2v) is 2.55. The van der Waals surface area contributed by atoms with Crippen LogP contribution in [-0.4, -0.2) is 11.1 Å². The predicted molar refractivity (Wildman–Crippen MR) is 49.6 cm³/mol. The van der Waals surface area contributed by atoms with Gasteiger partial charge in [0, 0.05) is 5.56 Å². The summed E-state index contributed by atoms with van der Waals surface area (Å²) in [7, 11) is 0. The summed E-state index contributed by atoms with van der Waals surface area (Å²) < 4.78 is 0. The van der Waals surface area contributed by atoms with E-state index in [0.717, 1.165) is 0 Å². The van der Waals surface area contributed by atoms with E-state index in [0.29, 0.717) is 11.1 Å². The average Bonchev–Trinajstić information content (AvgIpc) is 2.04. The maximum Gasteiger partial charge on any atom is 0.281 e. The van der Waals surface area contributed by atoms with Gasteiger partial charge in [-0.25, -0.2) is 0 Å². The molecule has 1 aromatic carbocycles. The number of nitrogens with two attached hydrogens (primary N) is 1. The molecule has 0 saturated heterocycles. The maximum absolute atomic E-state index is 10.6. The number of hydrogen-bond acceptors (Lipinski definition) is 4. The average molecular weight is 179 g/mol. The molecule has 0 aliphatic rings. The first-order valence-electron chi connectivity index (χ1n) is 3.64. The van der Waals surface area contributed by atoms with Gasteiger partial charge in [0.2, 0.25) is 0 Å². The summed E-state index contributed by atoms with van der Waals surface area (Å²) in [6.45, 7) is 1.67. The first kappa shape index (κ1) is 9.18. The van der Waals surface area contributed by atoms with Gasteiger partial charge in [-0.2, -0.15) is 5.10 Å². The summed E-state index contributed by atoms with van der Waals surface area (Å²) in [6, 6.07) is 4.99. The molecule has 0 radical (unpaired) electrons. The molecule has 0 heterocycles. The molecule has 0 atom stereocenters. The van der Waals surface area contributed by atoms with Crippen LogP contribution in [0.1, 0.15) is 11.1 Å². The van der Waals surface area contributed by atoms with Crippen molar-refractivity contribution in [2.24, 2.45) is 10.9 Å². The first-order valence-corrected chi connectivity index (χ1v) is 3.64. The van der Waals surface area contributed by atoms with Crippen LogP contribution >= 0.6 is 0 Å². The molecule has 2 N–H and O–H groups in total. The highest BCUT2D eigenvalue weighted by atomic mass is 16.6. The van der Waals surface area contributed by atoms with Crippen molar-refractivity contribution in [3.63, 3.8) is 0 Å². The molecular weight excluding hydrogens is 170 g/mol. The molecule has 0 amide bonds. The lowest BCUT2D eigenvalue weighted by molar-refractivity contribution is -0.385. The first-order chi connectivity index (χ1) is 6.16. The second-order valence-electron chi connectivity index (χ2n) is 2.55. The smallest absolute Gasteiger partial charge is 0.281 e. The third kappa shape index (κ3) is 1.81. The fourth-order valence-electron chi connectivity index (χ4n) is 1.12. The Morgan fingerprint density at radius 2 is 2.31 bits per heavy atom. The van der Waals surface area contributed by atoms with Crippen LogP contribution in [0.4, 0.5) is 5.69 Å². The van der Waals surface area contributed by atoms with Gasteiger partial charge >= 0.3 is 0 Å². The van der Waals surface area contributed by atoms with E-state index >= 15 is 0 Å². The zero-order chi connectivity index (χ0) is 9.84. The fourth-order valence-corrected chi connectivity index (χ4v) is 1.12. The molecule has 1 rings (SSSR count). The highest BCUT2D eigenvalue weighted by Gasteiger charge is 2.14. The van der Waals surface area contributed by atoms with E-state index in [-0.39, 0.29) is 5.69 Å². The van der Waals surface area contributed by atoms with E-state index in [4.69, 9.17) is 5.84 Å². The van der Waals surface area contributed by atoms with Crippen LogP contribution in [0.3, 0.4) is 0 Å². The van der Waals surface area contributed by atoms with E-state index in [9.17, 15) is 10.1 Å². The molecule has 13 heavy (non-hydrogen) atoms. The summed E-state index contributed by atoms with van der Waals surface area (Å²) in [5, 5.41) is 13.9. The number of hydrazone groups is 1. The van der Waals surface area contributed by atoms with Crippen LogP contribution in [0.5, 0.6) is 0 Å². The SMILES string of the molecule is Cc1cccc(C=NN)c1[N+](=O)[O-]. The quantitative estimate of drug-likeness (QED) is 0.320. The zero-order valence-corrected chi connectivity index (χ0v) is 7.10. The Hall–Kier alpha value is -1.91. The van der Waals surface area contributed by atoms with Crippen molar-refractivity contribution in [1.29, 1.82) is 0 Å². The van der Waals surface area contributed by atoms with Crippen LogP contribution in [0.25, 0.3) is 0 Å². The molecule has 0 fully saturated rings. The Morgan fingerprint density at radius 3 is 2.85 bits per heavy atom. The van der Waals surface area contributed by atoms with Crippen molar-refractivity contribution in [2.45, 2.75) is 6.92 Å². The van der Waals surface area contributed by atoms with Gasteiger partial charge in [-0.3, -0.25) is 10.1 Å². The molecule has 0 bridgehead atoms. The number of nitro benzene ring substituents is 1. The molecule has 0 aliphatic heterocycles. The molecule has 5 heteroatoms. The maximum atomic E-state index is 10.6. The van der Waals surface area contributed by atoms with E-state index in [1.165, 1.54) is 6.21 Å². The summed E-state index contributed by atoms with van der Waals surface area (Å²) >= 11 is 0. The monoisotopic (exact) mass is 179 g/mol. The number of hydrogen-bond donors (Lipinski definition) is 1. The standard InChI is InChI=1S/C8H9N3O2/c1-6-3-2-4-7(5-10-9)8(6)11(12)13/h2-5H,9H2,1H3. The zero-order valence-electron chi connectivity index (χ0n) is 7.10. The van der Waals surface area contributed by atoms with E-state index in [1.807, 2.05) is 0 Å². The minimum atomic E-state index is -0.438. The van der Waals surface area contributed by atoms with Gasteiger partial charge in [0.05, 0.1) is 16.7 Å². The molecule has 0 saturated carbocycles. The van der Waals surface area contributed by atoms with Gasteiger partial charge < -0.3 is 5.84 Å². The third-order valence-corrected chi connectivity index (χ3v) is 1.67. The lowest BCUT2D eigenvalue weighted by Crippen LogP contribution is -1.98. The van der Waals surface area contributed by atoms with Crippen molar-refractivity contribution in [3.8, 4) is 0 Å². The lowest BCUT2D eigenvalue weighted by atomic mass is 10.1. The van der Waals surface area contributed by atoms with Crippen LogP contribution in [-0.2, 0) is 0 Å². The van der Waals surface area contributed by atoms with E-state index < -0.39 is 4.92 Å². The Labute approximate surface area is 75.0 Å². The number of para-hydroxylation sites is 1. The van der Waals surface area contributed by atoms with Crippen molar-refractivity contribution >= 4 is 11.9 Å². The number of nitrogens with zero attached hydrogens (tertiary/aromatic N) is 2. The van der Waals surface area contributed by atoms with Crippen LogP contribution in [0, 0.1) is 17.0 Å². The van der Waals surface area contributed by atoms with Gasteiger partial charge in [0.1, 0.15) is 0 Å². The van der Waals surface area contributed by atoms with Gasteiger partial charge in [-0.05, 0) is 13.0 Å². The largest absolute Gasteiger partial charge is 0.323 e. The molecule has 0 spiro atoms. The summed E-state index contributed by atoms with van der Waals surface area (Å²) in [5.74, 6) is 4.93. The molecule has 1 aromatic rings. The highest BCUT2D eigenvalue weighted by molar-refractivity contribution is 5.85. The predicted octanol–water partition coefficient (Wildman–Crippen LogP) is 1.20. The Balaban J connectivity index is 3.34. The van der Waals surface area contributed by atoms with Crippen LogP contribution in [0.15, 0.2) is 23.3 Å². The summed E-state index contributed by atoms with van der Waals surface area (Å²) in [6.07, 6.45) is 1.27. The summed E-state index contributed by atoms with van der Waals surface area (Å²) in [5.41, 5.74) is 1.08. The van der Waals surface area contributed by atoms with Crippen molar-refractivity contribution in [3.05, 3.63) is 39.4 Å². The molecule has 0 aromatic heterocycles. The van der Waals surface area contributed by atoms with Gasteiger partial charge in [-0.1, -0.05) is 12.1 Å². The van der Waals surface area contributed by atoms with E-state index in [2.05, 4.69) is 5.10 Å². The number of rotatable bonds is 2. The lowest BCUT2D eigenvalue weighted by Gasteiger charge is -1.99. The Morgan fingerprint density at radius 1 is 1.62 bits per heavy atom. The Kier molecular flexibility index (Phi) is 2.59. The molecule has 0 unspecified atom stereocenters.